The highest BCUT2D eigenvalue weighted by molar-refractivity contribution is 7.99. The summed E-state index contributed by atoms with van der Waals surface area (Å²) in [5, 5.41) is 12.7. The van der Waals surface area contributed by atoms with Crippen LogP contribution in [0.15, 0.2) is 29.4 Å². The summed E-state index contributed by atoms with van der Waals surface area (Å²) >= 11 is 2.78. The van der Waals surface area contributed by atoms with E-state index in [1.807, 2.05) is 48.8 Å². The molecule has 2 aromatic heterocycles. The number of methoxy groups -OCH3 is 1. The van der Waals surface area contributed by atoms with Crippen molar-refractivity contribution in [3.8, 4) is 11.4 Å². The van der Waals surface area contributed by atoms with Gasteiger partial charge in [-0.1, -0.05) is 23.9 Å². The zero-order valence-electron chi connectivity index (χ0n) is 18.5. The highest BCUT2D eigenvalue weighted by atomic mass is 32.2. The fraction of sp³-hybridized carbons (Fsp3) is 0.364. The largest absolute Gasteiger partial charge is 0.465 e. The smallest absolute Gasteiger partial charge is 0.341 e. The standard InChI is InChI=1S/C22H25N5O3S2/c1-26(2)14-8-5-7-13(11-14)19-24-25-22(27(19)3)31-12-17(28)23-20-18(21(29)30-4)15-9-6-10-16(15)32-20/h5,7-8,11H,6,9-10,12H2,1-4H3,(H,23,28). The van der Waals surface area contributed by atoms with Gasteiger partial charge in [-0.2, -0.15) is 0 Å². The Kier molecular flexibility index (Phi) is 6.52. The van der Waals surface area contributed by atoms with E-state index in [0.717, 1.165) is 46.8 Å². The van der Waals surface area contributed by atoms with E-state index in [0.29, 0.717) is 15.7 Å². The van der Waals surface area contributed by atoms with Gasteiger partial charge in [-0.3, -0.25) is 4.79 Å². The molecule has 0 bridgehead atoms. The second-order valence-electron chi connectivity index (χ2n) is 7.70. The SMILES string of the molecule is COC(=O)c1c(NC(=O)CSc2nnc(-c3cccc(N(C)C)c3)n2C)sc2c1CCC2. The van der Waals surface area contributed by atoms with Gasteiger partial charge in [0.15, 0.2) is 11.0 Å². The van der Waals surface area contributed by atoms with E-state index in [2.05, 4.69) is 21.6 Å². The molecule has 0 unspecified atom stereocenters. The Hall–Kier alpha value is -2.85. The fourth-order valence-electron chi connectivity index (χ4n) is 3.72. The van der Waals surface area contributed by atoms with Crippen molar-refractivity contribution in [2.45, 2.75) is 24.4 Å². The van der Waals surface area contributed by atoms with Crippen molar-refractivity contribution >= 4 is 45.7 Å². The molecule has 32 heavy (non-hydrogen) atoms. The third-order valence-corrected chi connectivity index (χ3v) is 7.58. The summed E-state index contributed by atoms with van der Waals surface area (Å²) in [7, 11) is 7.23. The van der Waals surface area contributed by atoms with Crippen molar-refractivity contribution in [3.05, 3.63) is 40.3 Å². The molecule has 0 saturated heterocycles. The number of amides is 1. The van der Waals surface area contributed by atoms with Gasteiger partial charge in [0.2, 0.25) is 5.91 Å². The maximum atomic E-state index is 12.6. The number of rotatable bonds is 7. The quantitative estimate of drug-likeness (QED) is 0.416. The lowest BCUT2D eigenvalue weighted by Crippen LogP contribution is -2.16. The van der Waals surface area contributed by atoms with E-state index in [9.17, 15) is 9.59 Å². The maximum absolute atomic E-state index is 12.6. The minimum absolute atomic E-state index is 0.160. The molecule has 0 radical (unpaired) electrons. The molecular formula is C22H25N5O3S2. The van der Waals surface area contributed by atoms with Crippen LogP contribution in [0.5, 0.6) is 0 Å². The number of carbonyl (C=O) groups is 2. The number of nitrogens with zero attached hydrogens (tertiary/aromatic N) is 4. The minimum Gasteiger partial charge on any atom is -0.465 e. The Morgan fingerprint density at radius 2 is 2.09 bits per heavy atom. The lowest BCUT2D eigenvalue weighted by molar-refractivity contribution is -0.113. The first-order valence-corrected chi connectivity index (χ1v) is 12.0. The molecule has 0 spiro atoms. The number of ether oxygens (including phenoxy) is 1. The summed E-state index contributed by atoms with van der Waals surface area (Å²) in [4.78, 5) is 28.1. The monoisotopic (exact) mass is 471 g/mol. The number of esters is 1. The van der Waals surface area contributed by atoms with Gasteiger partial charge in [-0.15, -0.1) is 21.5 Å². The minimum atomic E-state index is -0.398. The first-order valence-electron chi connectivity index (χ1n) is 10.2. The number of benzene rings is 1. The molecule has 2 heterocycles. The van der Waals surface area contributed by atoms with Crippen molar-refractivity contribution in [1.82, 2.24) is 14.8 Å². The maximum Gasteiger partial charge on any atom is 0.341 e. The van der Waals surface area contributed by atoms with Crippen LogP contribution in [0.25, 0.3) is 11.4 Å². The van der Waals surface area contributed by atoms with Crippen LogP contribution in [-0.2, 0) is 29.4 Å². The molecule has 0 atom stereocenters. The molecule has 0 aliphatic heterocycles. The van der Waals surface area contributed by atoms with Gasteiger partial charge in [0.05, 0.1) is 18.4 Å². The Labute approximate surface area is 195 Å². The summed E-state index contributed by atoms with van der Waals surface area (Å²) in [5.41, 5.74) is 3.55. The molecule has 0 fully saturated rings. The Morgan fingerprint density at radius 1 is 1.28 bits per heavy atom. The predicted octanol–water partition coefficient (Wildman–Crippen LogP) is 3.62. The predicted molar refractivity (Wildman–Crippen MR) is 128 cm³/mol. The Balaban J connectivity index is 1.45. The van der Waals surface area contributed by atoms with Crippen molar-refractivity contribution in [3.63, 3.8) is 0 Å². The van der Waals surface area contributed by atoms with Crippen LogP contribution < -0.4 is 10.2 Å². The van der Waals surface area contributed by atoms with Gasteiger partial charge in [0.1, 0.15) is 5.00 Å². The summed E-state index contributed by atoms with van der Waals surface area (Å²) in [5.74, 6) is 0.302. The first-order chi connectivity index (χ1) is 15.4. The fourth-order valence-corrected chi connectivity index (χ4v) is 5.72. The van der Waals surface area contributed by atoms with Crippen LogP contribution in [0.3, 0.4) is 0 Å². The van der Waals surface area contributed by atoms with Gasteiger partial charge in [-0.05, 0) is 37.0 Å². The molecule has 1 N–H and O–H groups in total. The van der Waals surface area contributed by atoms with Crippen LogP contribution in [0.4, 0.5) is 10.7 Å². The van der Waals surface area contributed by atoms with Crippen molar-refractivity contribution < 1.29 is 14.3 Å². The third-order valence-electron chi connectivity index (χ3n) is 5.35. The molecule has 1 amide bonds. The average molecular weight is 472 g/mol. The number of hydrogen-bond acceptors (Lipinski definition) is 8. The van der Waals surface area contributed by atoms with Gasteiger partial charge in [0.25, 0.3) is 0 Å². The third kappa shape index (κ3) is 4.37. The number of hydrogen-bond donors (Lipinski definition) is 1. The molecule has 1 aliphatic rings. The number of fused-ring (bicyclic) bond motifs is 1. The second kappa shape index (κ2) is 9.33. The second-order valence-corrected chi connectivity index (χ2v) is 9.75. The molecule has 3 aromatic rings. The van der Waals surface area contributed by atoms with Crippen molar-refractivity contribution in [1.29, 1.82) is 0 Å². The average Bonchev–Trinajstić information content (AvgIpc) is 3.46. The number of anilines is 2. The van der Waals surface area contributed by atoms with Crippen LogP contribution in [0.1, 0.15) is 27.2 Å². The van der Waals surface area contributed by atoms with Gasteiger partial charge in [0, 0.05) is 37.3 Å². The van der Waals surface area contributed by atoms with Crippen LogP contribution in [-0.4, -0.2) is 53.6 Å². The van der Waals surface area contributed by atoms with Crippen molar-refractivity contribution in [2.75, 3.05) is 37.2 Å². The van der Waals surface area contributed by atoms with E-state index in [-0.39, 0.29) is 11.7 Å². The van der Waals surface area contributed by atoms with Crippen molar-refractivity contribution in [2.24, 2.45) is 7.05 Å². The summed E-state index contributed by atoms with van der Waals surface area (Å²) in [6, 6.07) is 8.05. The van der Waals surface area contributed by atoms with E-state index < -0.39 is 5.97 Å². The molecule has 0 saturated carbocycles. The zero-order chi connectivity index (χ0) is 22.8. The highest BCUT2D eigenvalue weighted by Gasteiger charge is 2.28. The normalized spacial score (nSPS) is 12.5. The number of aromatic nitrogens is 3. The van der Waals surface area contributed by atoms with E-state index >= 15 is 0 Å². The number of aryl methyl sites for hydroxylation is 1. The molecule has 10 heteroatoms. The molecule has 1 aliphatic carbocycles. The Morgan fingerprint density at radius 3 is 2.84 bits per heavy atom. The lowest BCUT2D eigenvalue weighted by atomic mass is 10.1. The number of carbonyl (C=O) groups excluding carboxylic acids is 2. The molecule has 1 aromatic carbocycles. The topological polar surface area (TPSA) is 89.3 Å². The lowest BCUT2D eigenvalue weighted by Gasteiger charge is -2.13. The van der Waals surface area contributed by atoms with Gasteiger partial charge in [-0.25, -0.2) is 4.79 Å². The van der Waals surface area contributed by atoms with Gasteiger partial charge < -0.3 is 19.5 Å². The van der Waals surface area contributed by atoms with Crippen LogP contribution in [0, 0.1) is 0 Å². The molecule has 8 nitrogen and oxygen atoms in total. The first kappa shape index (κ1) is 22.3. The zero-order valence-corrected chi connectivity index (χ0v) is 20.1. The van der Waals surface area contributed by atoms with Crippen LogP contribution in [0.2, 0.25) is 0 Å². The number of thioether (sulfide) groups is 1. The molecule has 168 valence electrons. The summed E-state index contributed by atoms with van der Waals surface area (Å²) in [6.07, 6.45) is 2.81. The van der Waals surface area contributed by atoms with E-state index in [1.165, 1.54) is 30.2 Å². The Bertz CT molecular complexity index is 1170. The number of thiophene rings is 1. The number of nitrogens with one attached hydrogen (secondary N) is 1. The van der Waals surface area contributed by atoms with E-state index in [4.69, 9.17) is 4.74 Å². The molecule has 4 rings (SSSR count). The highest BCUT2D eigenvalue weighted by Crippen LogP contribution is 2.39. The van der Waals surface area contributed by atoms with E-state index in [1.54, 1.807) is 0 Å². The summed E-state index contributed by atoms with van der Waals surface area (Å²) < 4.78 is 6.82. The molecular weight excluding hydrogens is 446 g/mol. The van der Waals surface area contributed by atoms with Gasteiger partial charge >= 0.3 is 5.97 Å². The van der Waals surface area contributed by atoms with Crippen LogP contribution >= 0.6 is 23.1 Å². The summed E-state index contributed by atoms with van der Waals surface area (Å²) in [6.45, 7) is 0.